The van der Waals surface area contributed by atoms with E-state index in [1.807, 2.05) is 13.1 Å². The number of carbonyl (C=O) groups excluding carboxylic acids is 1. The molecule has 1 aliphatic rings. The van der Waals surface area contributed by atoms with Gasteiger partial charge in [-0.2, -0.15) is 5.10 Å². The van der Waals surface area contributed by atoms with Gasteiger partial charge in [-0.15, -0.1) is 0 Å². The molecule has 0 fully saturated rings. The highest BCUT2D eigenvalue weighted by molar-refractivity contribution is 7.92. The Bertz CT molecular complexity index is 1170. The van der Waals surface area contributed by atoms with Gasteiger partial charge in [0.05, 0.1) is 16.3 Å². The quantitative estimate of drug-likeness (QED) is 0.657. The first-order valence-corrected chi connectivity index (χ1v) is 11.4. The van der Waals surface area contributed by atoms with Crippen LogP contribution in [0.5, 0.6) is 0 Å². The molecule has 0 unspecified atom stereocenters. The van der Waals surface area contributed by atoms with Crippen LogP contribution < -0.4 is 9.62 Å². The van der Waals surface area contributed by atoms with Crippen molar-refractivity contribution in [2.75, 3.05) is 16.2 Å². The Labute approximate surface area is 176 Å². The average Bonchev–Trinajstić information content (AvgIpc) is 3.31. The Morgan fingerprint density at radius 1 is 1.10 bits per heavy atom. The lowest BCUT2D eigenvalue weighted by Gasteiger charge is -2.23. The van der Waals surface area contributed by atoms with Gasteiger partial charge in [-0.25, -0.2) is 8.42 Å². The number of para-hydroxylation sites is 1. The van der Waals surface area contributed by atoms with Crippen LogP contribution in [0.25, 0.3) is 0 Å². The third-order valence-electron chi connectivity index (χ3n) is 5.34. The third kappa shape index (κ3) is 3.59. The molecular formula is C22H24N4O3S. The smallest absolute Gasteiger partial charge is 0.264 e. The van der Waals surface area contributed by atoms with Crippen molar-refractivity contribution in [3.05, 3.63) is 71.4 Å². The molecule has 0 bridgehead atoms. The van der Waals surface area contributed by atoms with E-state index in [1.165, 1.54) is 28.6 Å². The first-order valence-electron chi connectivity index (χ1n) is 9.95. The number of amides is 1. The predicted octanol–water partition coefficient (Wildman–Crippen LogP) is 3.38. The number of carbonyl (C=O) groups is 1. The van der Waals surface area contributed by atoms with Gasteiger partial charge in [0.1, 0.15) is 5.82 Å². The molecule has 0 radical (unpaired) electrons. The van der Waals surface area contributed by atoms with Crippen molar-refractivity contribution in [2.24, 2.45) is 7.05 Å². The fourth-order valence-electron chi connectivity index (χ4n) is 3.85. The number of rotatable bonds is 6. The first-order chi connectivity index (χ1) is 14.4. The second-order valence-electron chi connectivity index (χ2n) is 7.23. The van der Waals surface area contributed by atoms with Gasteiger partial charge in [0.15, 0.2) is 0 Å². The van der Waals surface area contributed by atoms with Crippen LogP contribution >= 0.6 is 0 Å². The summed E-state index contributed by atoms with van der Waals surface area (Å²) < 4.78 is 29.2. The number of fused-ring (bicyclic) bond motifs is 1. The molecule has 1 aliphatic carbocycles. The van der Waals surface area contributed by atoms with Crippen molar-refractivity contribution in [3.8, 4) is 0 Å². The van der Waals surface area contributed by atoms with Gasteiger partial charge in [0.25, 0.3) is 15.9 Å². The number of nitrogens with one attached hydrogen (secondary N) is 1. The van der Waals surface area contributed by atoms with Crippen LogP contribution in [0.3, 0.4) is 0 Å². The Balaban J connectivity index is 1.56. The summed E-state index contributed by atoms with van der Waals surface area (Å²) >= 11 is 0. The summed E-state index contributed by atoms with van der Waals surface area (Å²) in [4.78, 5) is 12.9. The minimum absolute atomic E-state index is 0.145. The predicted molar refractivity (Wildman–Crippen MR) is 116 cm³/mol. The number of anilines is 2. The summed E-state index contributed by atoms with van der Waals surface area (Å²) in [6, 6.07) is 15.0. The monoisotopic (exact) mass is 424 g/mol. The van der Waals surface area contributed by atoms with Gasteiger partial charge in [0.2, 0.25) is 0 Å². The summed E-state index contributed by atoms with van der Waals surface area (Å²) in [6.07, 6.45) is 2.88. The summed E-state index contributed by atoms with van der Waals surface area (Å²) in [5, 5.41) is 7.39. The average molecular weight is 425 g/mol. The number of aryl methyl sites for hydroxylation is 2. The molecule has 0 saturated heterocycles. The molecule has 156 valence electrons. The Hall–Kier alpha value is -3.13. The SMILES string of the molecule is CCN(c1ccccc1)S(=O)(=O)c1ccc(C(=O)Nc2c3c(nn2C)CCC3)cc1. The lowest BCUT2D eigenvalue weighted by molar-refractivity contribution is 0.102. The van der Waals surface area contributed by atoms with Gasteiger partial charge in [0, 0.05) is 24.7 Å². The van der Waals surface area contributed by atoms with Crippen LogP contribution in [0, 0.1) is 0 Å². The summed E-state index contributed by atoms with van der Waals surface area (Å²) in [5.41, 5.74) is 3.12. The lowest BCUT2D eigenvalue weighted by atomic mass is 10.2. The number of sulfonamides is 1. The highest BCUT2D eigenvalue weighted by atomic mass is 32.2. The molecule has 7 nitrogen and oxygen atoms in total. The number of nitrogens with zero attached hydrogens (tertiary/aromatic N) is 3. The van der Waals surface area contributed by atoms with E-state index in [4.69, 9.17) is 0 Å². The zero-order valence-corrected chi connectivity index (χ0v) is 17.8. The van der Waals surface area contributed by atoms with Gasteiger partial charge >= 0.3 is 0 Å². The maximum atomic E-state index is 13.1. The van der Waals surface area contributed by atoms with E-state index in [9.17, 15) is 13.2 Å². The van der Waals surface area contributed by atoms with E-state index < -0.39 is 10.0 Å². The fourth-order valence-corrected chi connectivity index (χ4v) is 5.32. The molecule has 4 rings (SSSR count). The van der Waals surface area contributed by atoms with Crippen LogP contribution in [0.1, 0.15) is 35.0 Å². The number of hydrogen-bond donors (Lipinski definition) is 1. The number of aromatic nitrogens is 2. The molecule has 1 amide bonds. The van der Waals surface area contributed by atoms with E-state index in [0.29, 0.717) is 23.6 Å². The molecule has 2 aromatic carbocycles. The normalized spacial score (nSPS) is 13.1. The van der Waals surface area contributed by atoms with Gasteiger partial charge in [-0.1, -0.05) is 18.2 Å². The maximum absolute atomic E-state index is 13.1. The molecule has 1 heterocycles. The molecule has 3 aromatic rings. The highest BCUT2D eigenvalue weighted by Crippen LogP contribution is 2.28. The number of benzene rings is 2. The zero-order valence-electron chi connectivity index (χ0n) is 17.0. The first kappa shape index (κ1) is 20.2. The Morgan fingerprint density at radius 3 is 2.47 bits per heavy atom. The number of hydrogen-bond acceptors (Lipinski definition) is 4. The van der Waals surface area contributed by atoms with Crippen molar-refractivity contribution < 1.29 is 13.2 Å². The van der Waals surface area contributed by atoms with Gasteiger partial charge in [-0.05, 0) is 62.6 Å². The summed E-state index contributed by atoms with van der Waals surface area (Å²) in [6.45, 7) is 2.10. The Kier molecular flexibility index (Phi) is 5.34. The van der Waals surface area contributed by atoms with Crippen molar-refractivity contribution >= 4 is 27.4 Å². The molecular weight excluding hydrogens is 400 g/mol. The van der Waals surface area contributed by atoms with Gasteiger partial charge in [-0.3, -0.25) is 13.8 Å². The molecule has 0 aliphatic heterocycles. The molecule has 0 spiro atoms. The fraction of sp³-hybridized carbons (Fsp3) is 0.273. The van der Waals surface area contributed by atoms with Crippen LogP contribution in [-0.4, -0.2) is 30.7 Å². The van der Waals surface area contributed by atoms with Gasteiger partial charge < -0.3 is 5.32 Å². The van der Waals surface area contributed by atoms with Crippen LogP contribution in [-0.2, 0) is 29.9 Å². The largest absolute Gasteiger partial charge is 0.307 e. The summed E-state index contributed by atoms with van der Waals surface area (Å²) in [7, 11) is -1.91. The second kappa shape index (κ2) is 7.95. The van der Waals surface area contributed by atoms with E-state index >= 15 is 0 Å². The second-order valence-corrected chi connectivity index (χ2v) is 9.10. The van der Waals surface area contributed by atoms with Crippen molar-refractivity contribution in [3.63, 3.8) is 0 Å². The molecule has 8 heteroatoms. The van der Waals surface area contributed by atoms with E-state index in [-0.39, 0.29) is 10.8 Å². The zero-order chi connectivity index (χ0) is 21.3. The topological polar surface area (TPSA) is 84.3 Å². The van der Waals surface area contributed by atoms with Crippen LogP contribution in [0.2, 0.25) is 0 Å². The molecule has 0 atom stereocenters. The molecule has 0 saturated carbocycles. The molecule has 1 aromatic heterocycles. The standard InChI is InChI=1S/C22H24N4O3S/c1-3-26(17-8-5-4-6-9-17)30(28,29)18-14-12-16(13-15-18)22(27)23-21-19-10-7-11-20(19)24-25(21)2/h4-6,8-9,12-15H,3,7,10-11H2,1-2H3,(H,23,27). The van der Waals surface area contributed by atoms with Crippen molar-refractivity contribution in [2.45, 2.75) is 31.1 Å². The van der Waals surface area contributed by atoms with Crippen LogP contribution in [0.4, 0.5) is 11.5 Å². The minimum Gasteiger partial charge on any atom is -0.307 e. The van der Waals surface area contributed by atoms with Crippen molar-refractivity contribution in [1.82, 2.24) is 9.78 Å². The summed E-state index contributed by atoms with van der Waals surface area (Å²) in [5.74, 6) is 0.428. The lowest BCUT2D eigenvalue weighted by Crippen LogP contribution is -2.30. The van der Waals surface area contributed by atoms with Crippen LogP contribution in [0.15, 0.2) is 59.5 Å². The van der Waals surface area contributed by atoms with E-state index in [1.54, 1.807) is 35.9 Å². The molecule has 30 heavy (non-hydrogen) atoms. The third-order valence-corrected chi connectivity index (χ3v) is 7.25. The van der Waals surface area contributed by atoms with E-state index in [0.717, 1.165) is 30.5 Å². The maximum Gasteiger partial charge on any atom is 0.264 e. The van der Waals surface area contributed by atoms with E-state index in [2.05, 4.69) is 10.4 Å². The minimum atomic E-state index is -3.72. The molecule has 1 N–H and O–H groups in total. The highest BCUT2D eigenvalue weighted by Gasteiger charge is 2.25. The Morgan fingerprint density at radius 2 is 1.80 bits per heavy atom. The van der Waals surface area contributed by atoms with Crippen molar-refractivity contribution in [1.29, 1.82) is 0 Å².